The molecule has 3 rings (SSSR count). The maximum atomic E-state index is 11.5. The number of aromatic nitrogens is 2. The fraction of sp³-hybridized carbons (Fsp3) is 0.308. The maximum Gasteiger partial charge on any atom is 0.173 e. The summed E-state index contributed by atoms with van der Waals surface area (Å²) in [6.07, 6.45) is 5.34. The van der Waals surface area contributed by atoms with Crippen molar-refractivity contribution >= 4 is 21.2 Å². The summed E-state index contributed by atoms with van der Waals surface area (Å²) in [6.45, 7) is 0. The van der Waals surface area contributed by atoms with Gasteiger partial charge in [-0.25, -0.2) is 13.4 Å². The molecule has 0 radical (unpaired) electrons. The summed E-state index contributed by atoms with van der Waals surface area (Å²) in [7, 11) is -1.12. The van der Waals surface area contributed by atoms with E-state index in [1.807, 2.05) is 35.3 Å². The van der Waals surface area contributed by atoms with Crippen LogP contribution < -0.4 is 5.32 Å². The molecule has 0 amide bonds. The lowest BCUT2D eigenvalue weighted by molar-refractivity contribution is 0.531. The first-order valence-electron chi connectivity index (χ1n) is 6.23. The third-order valence-electron chi connectivity index (χ3n) is 3.26. The number of hydrogen-bond donors (Lipinski definition) is 1. The standard InChI is InChI=1S/C13H15N3O2S2/c1-16-6-5-14-13(16)12(11-3-2-7-19-11)15-10-4-8-20(17,18)9-10/h2-8,10,12,15H,9H2,1H3. The third-order valence-corrected chi connectivity index (χ3v) is 5.59. The molecule has 3 heterocycles. The number of hydrogen-bond acceptors (Lipinski definition) is 5. The number of rotatable bonds is 4. The molecular weight excluding hydrogens is 294 g/mol. The van der Waals surface area contributed by atoms with Crippen molar-refractivity contribution in [2.24, 2.45) is 7.05 Å². The van der Waals surface area contributed by atoms with Gasteiger partial charge in [0.1, 0.15) is 11.9 Å². The van der Waals surface area contributed by atoms with Crippen molar-refractivity contribution in [2.75, 3.05) is 5.75 Å². The molecule has 2 aromatic heterocycles. The second-order valence-corrected chi connectivity index (χ2v) is 7.69. The van der Waals surface area contributed by atoms with E-state index in [2.05, 4.69) is 10.3 Å². The van der Waals surface area contributed by atoms with Crippen molar-refractivity contribution < 1.29 is 8.42 Å². The van der Waals surface area contributed by atoms with Crippen LogP contribution in [0.5, 0.6) is 0 Å². The van der Waals surface area contributed by atoms with E-state index in [4.69, 9.17) is 0 Å². The van der Waals surface area contributed by atoms with Crippen molar-refractivity contribution in [3.63, 3.8) is 0 Å². The lowest BCUT2D eigenvalue weighted by Crippen LogP contribution is -2.35. The highest BCUT2D eigenvalue weighted by Crippen LogP contribution is 2.26. The van der Waals surface area contributed by atoms with E-state index in [9.17, 15) is 8.42 Å². The van der Waals surface area contributed by atoms with Gasteiger partial charge in [-0.15, -0.1) is 11.3 Å². The zero-order valence-electron chi connectivity index (χ0n) is 10.9. The van der Waals surface area contributed by atoms with E-state index in [0.717, 1.165) is 10.7 Å². The van der Waals surface area contributed by atoms with Crippen molar-refractivity contribution in [3.05, 3.63) is 52.1 Å². The second-order valence-electron chi connectivity index (χ2n) is 4.78. The van der Waals surface area contributed by atoms with Gasteiger partial charge < -0.3 is 4.57 Å². The minimum Gasteiger partial charge on any atom is -0.336 e. The number of nitrogens with one attached hydrogen (secondary N) is 1. The molecule has 2 aromatic rings. The molecule has 5 nitrogen and oxygen atoms in total. The molecular formula is C13H15N3O2S2. The van der Waals surface area contributed by atoms with E-state index in [1.54, 1.807) is 23.6 Å². The van der Waals surface area contributed by atoms with Crippen LogP contribution in [-0.2, 0) is 16.9 Å². The monoisotopic (exact) mass is 309 g/mol. The summed E-state index contributed by atoms with van der Waals surface area (Å²) in [6, 6.07) is 3.74. The number of aryl methyl sites for hydroxylation is 1. The quantitative estimate of drug-likeness (QED) is 0.929. The van der Waals surface area contributed by atoms with Gasteiger partial charge in [-0.05, 0) is 11.4 Å². The largest absolute Gasteiger partial charge is 0.336 e. The summed E-state index contributed by atoms with van der Waals surface area (Å²) in [5, 5.41) is 6.67. The summed E-state index contributed by atoms with van der Waals surface area (Å²) in [4.78, 5) is 5.51. The van der Waals surface area contributed by atoms with Crippen LogP contribution >= 0.6 is 11.3 Å². The molecule has 0 aliphatic carbocycles. The molecule has 20 heavy (non-hydrogen) atoms. The maximum absolute atomic E-state index is 11.5. The Morgan fingerprint density at radius 1 is 1.55 bits per heavy atom. The average Bonchev–Trinajstić information content (AvgIpc) is 3.08. The van der Waals surface area contributed by atoms with Crippen LogP contribution in [0.2, 0.25) is 0 Å². The van der Waals surface area contributed by atoms with E-state index < -0.39 is 9.84 Å². The molecule has 0 saturated carbocycles. The molecule has 2 atom stereocenters. The number of nitrogens with zero attached hydrogens (tertiary/aromatic N) is 2. The molecule has 0 saturated heterocycles. The van der Waals surface area contributed by atoms with Crippen LogP contribution in [0.25, 0.3) is 0 Å². The van der Waals surface area contributed by atoms with E-state index in [1.165, 1.54) is 5.41 Å². The van der Waals surface area contributed by atoms with Crippen molar-refractivity contribution in [1.29, 1.82) is 0 Å². The van der Waals surface area contributed by atoms with Gasteiger partial charge in [-0.2, -0.15) is 0 Å². The molecule has 0 aromatic carbocycles. The zero-order chi connectivity index (χ0) is 14.2. The number of sulfone groups is 1. The Labute approximate surface area is 121 Å². The molecule has 2 unspecified atom stereocenters. The number of thiophene rings is 1. The smallest absolute Gasteiger partial charge is 0.173 e. The molecule has 0 fully saturated rings. The molecule has 0 bridgehead atoms. The topological polar surface area (TPSA) is 64.0 Å². The van der Waals surface area contributed by atoms with Crippen molar-refractivity contribution in [2.45, 2.75) is 12.1 Å². The van der Waals surface area contributed by atoms with Gasteiger partial charge in [0.05, 0.1) is 5.75 Å². The van der Waals surface area contributed by atoms with Crippen molar-refractivity contribution in [1.82, 2.24) is 14.9 Å². The van der Waals surface area contributed by atoms with Crippen LogP contribution in [-0.4, -0.2) is 29.8 Å². The Morgan fingerprint density at radius 2 is 2.40 bits per heavy atom. The SMILES string of the molecule is Cn1ccnc1C(NC1C=CS(=O)(=O)C1)c1cccs1. The van der Waals surface area contributed by atoms with E-state index in [-0.39, 0.29) is 17.8 Å². The molecule has 7 heteroatoms. The summed E-state index contributed by atoms with van der Waals surface area (Å²) in [5.74, 6) is 0.990. The predicted molar refractivity (Wildman–Crippen MR) is 79.2 cm³/mol. The molecule has 1 N–H and O–H groups in total. The lowest BCUT2D eigenvalue weighted by Gasteiger charge is -2.20. The van der Waals surface area contributed by atoms with Gasteiger partial charge in [0, 0.05) is 35.8 Å². The summed E-state index contributed by atoms with van der Waals surface area (Å²) >= 11 is 1.63. The van der Waals surface area contributed by atoms with Crippen LogP contribution in [0.15, 0.2) is 41.4 Å². The van der Waals surface area contributed by atoms with Crippen LogP contribution in [0, 0.1) is 0 Å². The predicted octanol–water partition coefficient (Wildman–Crippen LogP) is 1.47. The van der Waals surface area contributed by atoms with Crippen LogP contribution in [0.4, 0.5) is 0 Å². The van der Waals surface area contributed by atoms with Gasteiger partial charge in [-0.3, -0.25) is 5.32 Å². The average molecular weight is 309 g/mol. The zero-order valence-corrected chi connectivity index (χ0v) is 12.6. The fourth-order valence-corrected chi connectivity index (χ4v) is 4.32. The highest BCUT2D eigenvalue weighted by molar-refractivity contribution is 7.94. The van der Waals surface area contributed by atoms with Crippen LogP contribution in [0.1, 0.15) is 16.7 Å². The van der Waals surface area contributed by atoms with E-state index in [0.29, 0.717) is 0 Å². The highest BCUT2D eigenvalue weighted by Gasteiger charge is 2.27. The third kappa shape index (κ3) is 2.70. The number of imidazole rings is 1. The first kappa shape index (κ1) is 13.5. The van der Waals surface area contributed by atoms with Gasteiger partial charge in [0.25, 0.3) is 0 Å². The van der Waals surface area contributed by atoms with Gasteiger partial charge in [0.15, 0.2) is 9.84 Å². The Morgan fingerprint density at radius 3 is 2.95 bits per heavy atom. The molecule has 0 spiro atoms. The second kappa shape index (κ2) is 5.16. The van der Waals surface area contributed by atoms with Crippen molar-refractivity contribution in [3.8, 4) is 0 Å². The molecule has 1 aliphatic rings. The van der Waals surface area contributed by atoms with E-state index >= 15 is 0 Å². The Kier molecular flexibility index (Phi) is 3.49. The fourth-order valence-electron chi connectivity index (χ4n) is 2.29. The normalized spacial score (nSPS) is 22.1. The first-order valence-corrected chi connectivity index (χ1v) is 8.82. The van der Waals surface area contributed by atoms with Crippen LogP contribution in [0.3, 0.4) is 0 Å². The molecule has 106 valence electrons. The Balaban J connectivity index is 1.88. The van der Waals surface area contributed by atoms with Gasteiger partial charge >= 0.3 is 0 Å². The Bertz CT molecular complexity index is 717. The lowest BCUT2D eigenvalue weighted by atomic mass is 10.2. The summed E-state index contributed by atoms with van der Waals surface area (Å²) < 4.78 is 25.0. The minimum atomic E-state index is -3.06. The molecule has 1 aliphatic heterocycles. The minimum absolute atomic E-state index is 0.0991. The Hall–Kier alpha value is -1.44. The van der Waals surface area contributed by atoms with Gasteiger partial charge in [-0.1, -0.05) is 12.1 Å². The summed E-state index contributed by atoms with van der Waals surface area (Å²) in [5.41, 5.74) is 0. The van der Waals surface area contributed by atoms with Gasteiger partial charge in [0.2, 0.25) is 0 Å². The first-order chi connectivity index (χ1) is 9.55. The highest BCUT2D eigenvalue weighted by atomic mass is 32.2.